The van der Waals surface area contributed by atoms with Crippen LogP contribution in [-0.2, 0) is 0 Å². The first-order valence-corrected chi connectivity index (χ1v) is 9.33. The van der Waals surface area contributed by atoms with Gasteiger partial charge in [-0.2, -0.15) is 4.37 Å². The second kappa shape index (κ2) is 9.11. The zero-order chi connectivity index (χ0) is 19.9. The number of rotatable bonds is 7. The molecule has 10 heteroatoms. The van der Waals surface area contributed by atoms with E-state index in [1.165, 1.54) is 18.6 Å². The van der Waals surface area contributed by atoms with Crippen LogP contribution in [0.2, 0.25) is 0 Å². The van der Waals surface area contributed by atoms with Crippen LogP contribution in [0.15, 0.2) is 36.7 Å². The van der Waals surface area contributed by atoms with Crippen molar-refractivity contribution in [1.82, 2.24) is 14.7 Å². The van der Waals surface area contributed by atoms with Gasteiger partial charge in [0.05, 0.1) is 29.0 Å². The molecule has 0 saturated heterocycles. The number of nitrogens with one attached hydrogen (secondary N) is 3. The number of benzene rings is 1. The zero-order valence-corrected chi connectivity index (χ0v) is 16.0. The topological polar surface area (TPSA) is 131 Å². The van der Waals surface area contributed by atoms with Gasteiger partial charge in [0.25, 0.3) is 5.91 Å². The molecule has 3 aromatic rings. The molecule has 3 amide bonds. The summed E-state index contributed by atoms with van der Waals surface area (Å²) in [6.07, 6.45) is 3.93. The number of anilines is 2. The largest absolute Gasteiger partial charge is 0.496 e. The SMILES string of the molecule is COc1ccc(NC(=O)Nc2nccc3sncc23)cc1C(=O)NCCCN. The molecule has 2 heterocycles. The van der Waals surface area contributed by atoms with Crippen molar-refractivity contribution in [2.75, 3.05) is 30.8 Å². The van der Waals surface area contributed by atoms with Crippen LogP contribution in [0.25, 0.3) is 10.1 Å². The van der Waals surface area contributed by atoms with Crippen LogP contribution in [0.3, 0.4) is 0 Å². The molecule has 0 saturated carbocycles. The lowest BCUT2D eigenvalue weighted by atomic mass is 10.1. The summed E-state index contributed by atoms with van der Waals surface area (Å²) in [7, 11) is 1.48. The minimum Gasteiger partial charge on any atom is -0.496 e. The van der Waals surface area contributed by atoms with E-state index in [-0.39, 0.29) is 5.91 Å². The molecule has 5 N–H and O–H groups in total. The van der Waals surface area contributed by atoms with Gasteiger partial charge >= 0.3 is 6.03 Å². The molecule has 3 rings (SSSR count). The van der Waals surface area contributed by atoms with Crippen molar-refractivity contribution in [3.63, 3.8) is 0 Å². The lowest BCUT2D eigenvalue weighted by Crippen LogP contribution is -2.26. The number of fused-ring (bicyclic) bond motifs is 1. The third-order valence-corrected chi connectivity index (χ3v) is 4.65. The van der Waals surface area contributed by atoms with Crippen LogP contribution in [0.5, 0.6) is 5.75 Å². The van der Waals surface area contributed by atoms with E-state index >= 15 is 0 Å². The van der Waals surface area contributed by atoms with Gasteiger partial charge in [-0.1, -0.05) is 0 Å². The van der Waals surface area contributed by atoms with Crippen LogP contribution in [0, 0.1) is 0 Å². The average Bonchev–Trinajstić information content (AvgIpc) is 3.18. The van der Waals surface area contributed by atoms with Gasteiger partial charge in [-0.05, 0) is 48.8 Å². The molecule has 0 aliphatic heterocycles. The molecule has 0 bridgehead atoms. The monoisotopic (exact) mass is 400 g/mol. The van der Waals surface area contributed by atoms with E-state index in [0.717, 1.165) is 10.1 Å². The quantitative estimate of drug-likeness (QED) is 0.451. The number of hydrogen-bond acceptors (Lipinski definition) is 7. The number of carbonyl (C=O) groups excluding carboxylic acids is 2. The number of nitrogens with zero attached hydrogens (tertiary/aromatic N) is 2. The summed E-state index contributed by atoms with van der Waals surface area (Å²) >= 11 is 1.32. The molecule has 0 unspecified atom stereocenters. The van der Waals surface area contributed by atoms with E-state index in [1.807, 2.05) is 6.07 Å². The number of nitrogens with two attached hydrogens (primary N) is 1. The van der Waals surface area contributed by atoms with Gasteiger partial charge in [0.2, 0.25) is 0 Å². The van der Waals surface area contributed by atoms with E-state index in [2.05, 4.69) is 25.3 Å². The van der Waals surface area contributed by atoms with Gasteiger partial charge in [-0.25, -0.2) is 9.78 Å². The molecule has 1 aromatic carbocycles. The minimum absolute atomic E-state index is 0.301. The smallest absolute Gasteiger partial charge is 0.324 e. The summed E-state index contributed by atoms with van der Waals surface area (Å²) in [5.41, 5.74) is 6.20. The van der Waals surface area contributed by atoms with Gasteiger partial charge in [-0.3, -0.25) is 10.1 Å². The molecule has 0 aliphatic rings. The van der Waals surface area contributed by atoms with Gasteiger partial charge in [0.1, 0.15) is 11.6 Å². The summed E-state index contributed by atoms with van der Waals surface area (Å²) in [6, 6.07) is 6.17. The Morgan fingerprint density at radius 1 is 1.25 bits per heavy atom. The molecule has 2 aromatic heterocycles. The second-order valence-electron chi connectivity index (χ2n) is 5.79. The van der Waals surface area contributed by atoms with E-state index in [4.69, 9.17) is 10.5 Å². The van der Waals surface area contributed by atoms with Crippen LogP contribution >= 0.6 is 11.5 Å². The fraction of sp³-hybridized carbons (Fsp3) is 0.222. The Hall–Kier alpha value is -3.24. The highest BCUT2D eigenvalue weighted by molar-refractivity contribution is 7.13. The van der Waals surface area contributed by atoms with Crippen LogP contribution in [-0.4, -0.2) is 41.5 Å². The summed E-state index contributed by atoms with van der Waals surface area (Å²) in [4.78, 5) is 28.9. The maximum atomic E-state index is 12.4. The normalized spacial score (nSPS) is 10.5. The lowest BCUT2D eigenvalue weighted by molar-refractivity contribution is 0.0950. The van der Waals surface area contributed by atoms with E-state index in [0.29, 0.717) is 42.3 Å². The number of amides is 3. The Morgan fingerprint density at radius 3 is 2.89 bits per heavy atom. The van der Waals surface area contributed by atoms with Crippen molar-refractivity contribution in [2.45, 2.75) is 6.42 Å². The highest BCUT2D eigenvalue weighted by Crippen LogP contribution is 2.25. The summed E-state index contributed by atoms with van der Waals surface area (Å²) in [5.74, 6) is 0.522. The Morgan fingerprint density at radius 2 is 2.11 bits per heavy atom. The Kier molecular flexibility index (Phi) is 6.35. The molecule has 0 radical (unpaired) electrons. The van der Waals surface area contributed by atoms with Gasteiger partial charge in [0, 0.05) is 18.4 Å². The van der Waals surface area contributed by atoms with Gasteiger partial charge in [0.15, 0.2) is 0 Å². The third kappa shape index (κ3) is 4.53. The lowest BCUT2D eigenvalue weighted by Gasteiger charge is -2.12. The van der Waals surface area contributed by atoms with Crippen molar-refractivity contribution in [2.24, 2.45) is 5.73 Å². The van der Waals surface area contributed by atoms with Crippen molar-refractivity contribution in [1.29, 1.82) is 0 Å². The number of hydrogen-bond donors (Lipinski definition) is 4. The molecule has 9 nitrogen and oxygen atoms in total. The minimum atomic E-state index is -0.481. The van der Waals surface area contributed by atoms with Crippen LogP contribution in [0.1, 0.15) is 16.8 Å². The van der Waals surface area contributed by atoms with Crippen molar-refractivity contribution in [3.8, 4) is 5.75 Å². The molecular formula is C18H20N6O3S. The number of methoxy groups -OCH3 is 1. The predicted molar refractivity (Wildman–Crippen MR) is 109 cm³/mol. The summed E-state index contributed by atoms with van der Waals surface area (Å²) in [5, 5.41) is 8.93. The zero-order valence-electron chi connectivity index (χ0n) is 15.2. The van der Waals surface area contributed by atoms with E-state index in [9.17, 15) is 9.59 Å². The molecule has 0 spiro atoms. The maximum absolute atomic E-state index is 12.4. The van der Waals surface area contributed by atoms with E-state index in [1.54, 1.807) is 30.6 Å². The molecule has 146 valence electrons. The second-order valence-corrected chi connectivity index (χ2v) is 6.62. The van der Waals surface area contributed by atoms with Crippen molar-refractivity contribution < 1.29 is 14.3 Å². The Balaban J connectivity index is 1.72. The standard InChI is InChI=1S/C18H20N6O3S/c1-27-14-4-3-11(9-12(14)17(25)21-7-2-6-19)23-18(26)24-16-13-10-22-28-15(13)5-8-20-16/h3-5,8-10H,2,6-7,19H2,1H3,(H,21,25)(H2,20,23,24,26). The van der Waals surface area contributed by atoms with Crippen LogP contribution < -0.4 is 26.4 Å². The van der Waals surface area contributed by atoms with Crippen molar-refractivity contribution >= 4 is 45.1 Å². The number of ether oxygens (including phenoxy) is 1. The number of carbonyl (C=O) groups is 2. The van der Waals surface area contributed by atoms with Gasteiger partial charge < -0.3 is 21.1 Å². The van der Waals surface area contributed by atoms with Crippen molar-refractivity contribution in [3.05, 3.63) is 42.2 Å². The third-order valence-electron chi connectivity index (χ3n) is 3.88. The van der Waals surface area contributed by atoms with E-state index < -0.39 is 6.03 Å². The first kappa shape index (κ1) is 19.5. The molecular weight excluding hydrogens is 380 g/mol. The molecule has 28 heavy (non-hydrogen) atoms. The fourth-order valence-electron chi connectivity index (χ4n) is 2.53. The summed E-state index contributed by atoms with van der Waals surface area (Å²) < 4.78 is 10.3. The first-order chi connectivity index (χ1) is 13.6. The molecule has 0 aliphatic carbocycles. The fourth-order valence-corrected chi connectivity index (χ4v) is 3.17. The molecule has 0 atom stereocenters. The number of pyridine rings is 1. The highest BCUT2D eigenvalue weighted by atomic mass is 32.1. The number of aromatic nitrogens is 2. The maximum Gasteiger partial charge on any atom is 0.324 e. The highest BCUT2D eigenvalue weighted by Gasteiger charge is 2.14. The predicted octanol–water partition coefficient (Wildman–Crippen LogP) is 2.42. The summed E-state index contributed by atoms with van der Waals surface area (Å²) in [6.45, 7) is 0.945. The Labute approximate surface area is 165 Å². The van der Waals surface area contributed by atoms with Gasteiger partial charge in [-0.15, -0.1) is 0 Å². The van der Waals surface area contributed by atoms with Crippen LogP contribution in [0.4, 0.5) is 16.3 Å². The average molecular weight is 400 g/mol. The first-order valence-electron chi connectivity index (χ1n) is 8.56. The molecule has 0 fully saturated rings. The Bertz CT molecular complexity index is 990. The number of urea groups is 1.